The zero-order chi connectivity index (χ0) is 20.1. The molecule has 3 aromatic carbocycles. The van der Waals surface area contributed by atoms with Crippen LogP contribution in [0.1, 0.15) is 31.5 Å². The summed E-state index contributed by atoms with van der Waals surface area (Å²) in [6.07, 6.45) is 0.836. The van der Waals surface area contributed by atoms with Crippen molar-refractivity contribution < 1.29 is 4.74 Å². The molecule has 1 aliphatic heterocycles. The van der Waals surface area contributed by atoms with Crippen LogP contribution in [0.3, 0.4) is 0 Å². The maximum Gasteiger partial charge on any atom is 0.184 e. The molecule has 0 spiro atoms. The molecule has 0 unspecified atom stereocenters. The second kappa shape index (κ2) is 9.37. The summed E-state index contributed by atoms with van der Waals surface area (Å²) in [6, 6.07) is 33.0. The van der Waals surface area contributed by atoms with Gasteiger partial charge < -0.3 is 4.74 Å². The van der Waals surface area contributed by atoms with E-state index >= 15 is 0 Å². The van der Waals surface area contributed by atoms with Gasteiger partial charge in [0.1, 0.15) is 6.61 Å². The topological polar surface area (TPSA) is 21.6 Å². The Hall–Kier alpha value is -2.44. The highest BCUT2D eigenvalue weighted by atomic mass is 31.1. The summed E-state index contributed by atoms with van der Waals surface area (Å²) in [6.45, 7) is 5.15. The molecule has 0 radical (unpaired) electrons. The molecule has 2 atom stereocenters. The minimum Gasteiger partial charge on any atom is -0.479 e. The van der Waals surface area contributed by atoms with Crippen LogP contribution in [-0.2, 0) is 4.74 Å². The minimum atomic E-state index is -0.597. The average Bonchev–Trinajstić information content (AvgIpc) is 3.25. The van der Waals surface area contributed by atoms with Crippen molar-refractivity contribution in [3.63, 3.8) is 0 Å². The van der Waals surface area contributed by atoms with Crippen molar-refractivity contribution in [2.45, 2.75) is 32.0 Å². The normalized spacial score (nSPS) is 17.2. The quantitative estimate of drug-likeness (QED) is 0.465. The van der Waals surface area contributed by atoms with Gasteiger partial charge in [-0.1, -0.05) is 105 Å². The molecule has 1 aliphatic rings. The van der Waals surface area contributed by atoms with Gasteiger partial charge in [-0.05, 0) is 30.0 Å². The molecule has 0 aromatic heterocycles. The first kappa shape index (κ1) is 19.9. The molecular weight excluding hydrogens is 373 g/mol. The molecule has 2 nitrogen and oxygen atoms in total. The van der Waals surface area contributed by atoms with Crippen molar-refractivity contribution >= 4 is 24.4 Å². The Labute approximate surface area is 175 Å². The molecule has 0 amide bonds. The van der Waals surface area contributed by atoms with Gasteiger partial charge in [-0.15, -0.1) is 0 Å². The van der Waals surface area contributed by atoms with Gasteiger partial charge in [0.2, 0.25) is 0 Å². The molecule has 0 aliphatic carbocycles. The molecule has 29 heavy (non-hydrogen) atoms. The lowest BCUT2D eigenvalue weighted by Gasteiger charge is -2.29. The monoisotopic (exact) mass is 401 g/mol. The third kappa shape index (κ3) is 4.77. The van der Waals surface area contributed by atoms with Crippen LogP contribution >= 0.6 is 7.92 Å². The SMILES string of the molecule is CC(C)[C@H]1COC(C[C@@H](c2ccccc2)P(c2ccccc2)c2ccccc2)=N1. The maximum absolute atomic E-state index is 6.06. The van der Waals surface area contributed by atoms with E-state index < -0.39 is 7.92 Å². The predicted molar refractivity (Wildman–Crippen MR) is 125 cm³/mol. The third-order valence-electron chi connectivity index (χ3n) is 5.43. The van der Waals surface area contributed by atoms with Crippen molar-refractivity contribution in [3.8, 4) is 0 Å². The van der Waals surface area contributed by atoms with Gasteiger partial charge in [-0.3, -0.25) is 0 Å². The highest BCUT2D eigenvalue weighted by Crippen LogP contribution is 2.51. The summed E-state index contributed by atoms with van der Waals surface area (Å²) in [7, 11) is -0.597. The first-order chi connectivity index (χ1) is 14.2. The summed E-state index contributed by atoms with van der Waals surface area (Å²) in [5, 5.41) is 2.78. The summed E-state index contributed by atoms with van der Waals surface area (Å²) >= 11 is 0. The van der Waals surface area contributed by atoms with Gasteiger partial charge in [-0.25, -0.2) is 4.99 Å². The summed E-state index contributed by atoms with van der Waals surface area (Å²) in [5.41, 5.74) is 1.67. The number of benzene rings is 3. The van der Waals surface area contributed by atoms with Crippen LogP contribution in [0, 0.1) is 5.92 Å². The van der Waals surface area contributed by atoms with Gasteiger partial charge in [0.15, 0.2) is 5.90 Å². The molecule has 0 saturated heterocycles. The average molecular weight is 401 g/mol. The van der Waals surface area contributed by atoms with Crippen molar-refractivity contribution in [3.05, 3.63) is 96.6 Å². The Morgan fingerprint density at radius 3 is 1.83 bits per heavy atom. The van der Waals surface area contributed by atoms with Crippen LogP contribution in [0.25, 0.3) is 0 Å². The van der Waals surface area contributed by atoms with Crippen LogP contribution in [0.5, 0.6) is 0 Å². The van der Waals surface area contributed by atoms with Crippen LogP contribution < -0.4 is 10.6 Å². The van der Waals surface area contributed by atoms with E-state index in [0.29, 0.717) is 18.2 Å². The van der Waals surface area contributed by atoms with E-state index in [1.54, 1.807) is 0 Å². The number of hydrogen-bond acceptors (Lipinski definition) is 2. The largest absolute Gasteiger partial charge is 0.479 e. The smallest absolute Gasteiger partial charge is 0.184 e. The fraction of sp³-hybridized carbons (Fsp3) is 0.269. The summed E-state index contributed by atoms with van der Waals surface area (Å²) in [5.74, 6) is 1.42. The van der Waals surface area contributed by atoms with E-state index in [2.05, 4.69) is 105 Å². The van der Waals surface area contributed by atoms with Crippen LogP contribution in [0.4, 0.5) is 0 Å². The van der Waals surface area contributed by atoms with Crippen molar-refractivity contribution in [1.82, 2.24) is 0 Å². The van der Waals surface area contributed by atoms with E-state index in [0.717, 1.165) is 12.3 Å². The van der Waals surface area contributed by atoms with E-state index in [1.807, 2.05) is 0 Å². The number of hydrogen-bond donors (Lipinski definition) is 0. The number of aliphatic imine (C=N–C) groups is 1. The standard InChI is InChI=1S/C26H28NOP/c1-20(2)24-19-28-26(27-24)18-25(21-12-6-3-7-13-21)29(22-14-8-4-9-15-22)23-16-10-5-11-17-23/h3-17,20,24-25H,18-19H2,1-2H3/t24-,25+/m1/s1. The number of nitrogens with zero attached hydrogens (tertiary/aromatic N) is 1. The second-order valence-corrected chi connectivity index (χ2v) is 10.2. The van der Waals surface area contributed by atoms with Crippen molar-refractivity contribution in [2.24, 2.45) is 10.9 Å². The van der Waals surface area contributed by atoms with E-state index in [4.69, 9.17) is 9.73 Å². The molecule has 0 bridgehead atoms. The number of ether oxygens (including phenoxy) is 1. The lowest BCUT2D eigenvalue weighted by Crippen LogP contribution is -2.19. The van der Waals surface area contributed by atoms with Crippen molar-refractivity contribution in [2.75, 3.05) is 6.61 Å². The molecule has 0 saturated carbocycles. The first-order valence-electron chi connectivity index (χ1n) is 10.4. The van der Waals surface area contributed by atoms with Gasteiger partial charge in [-0.2, -0.15) is 0 Å². The van der Waals surface area contributed by atoms with E-state index in [1.165, 1.54) is 16.2 Å². The van der Waals surface area contributed by atoms with Gasteiger partial charge in [0.25, 0.3) is 0 Å². The van der Waals surface area contributed by atoms with Crippen molar-refractivity contribution in [1.29, 1.82) is 0 Å². The lowest BCUT2D eigenvalue weighted by molar-refractivity contribution is 0.285. The third-order valence-corrected chi connectivity index (χ3v) is 8.25. The highest BCUT2D eigenvalue weighted by Gasteiger charge is 2.30. The zero-order valence-corrected chi connectivity index (χ0v) is 18.0. The Kier molecular flexibility index (Phi) is 6.42. The lowest BCUT2D eigenvalue weighted by atomic mass is 10.1. The van der Waals surface area contributed by atoms with Crippen LogP contribution in [0.15, 0.2) is 96.0 Å². The Bertz CT molecular complexity index is 885. The second-order valence-electron chi connectivity index (χ2n) is 7.82. The minimum absolute atomic E-state index is 0.279. The maximum atomic E-state index is 6.06. The molecule has 1 heterocycles. The Morgan fingerprint density at radius 1 is 0.828 bits per heavy atom. The summed E-state index contributed by atoms with van der Waals surface area (Å²) in [4.78, 5) is 4.93. The van der Waals surface area contributed by atoms with E-state index in [9.17, 15) is 0 Å². The molecule has 148 valence electrons. The molecule has 4 rings (SSSR count). The van der Waals surface area contributed by atoms with Crippen LogP contribution in [0.2, 0.25) is 0 Å². The van der Waals surface area contributed by atoms with Crippen LogP contribution in [-0.4, -0.2) is 18.5 Å². The summed E-state index contributed by atoms with van der Waals surface area (Å²) < 4.78 is 6.06. The molecule has 0 fully saturated rings. The fourth-order valence-electron chi connectivity index (χ4n) is 3.78. The highest BCUT2D eigenvalue weighted by molar-refractivity contribution is 7.73. The molecular formula is C26H28NOP. The zero-order valence-electron chi connectivity index (χ0n) is 17.1. The Morgan fingerprint density at radius 2 is 1.34 bits per heavy atom. The van der Waals surface area contributed by atoms with E-state index in [-0.39, 0.29) is 6.04 Å². The van der Waals surface area contributed by atoms with Gasteiger partial charge in [0.05, 0.1) is 6.04 Å². The molecule has 0 N–H and O–H groups in total. The number of rotatable bonds is 7. The first-order valence-corrected chi connectivity index (χ1v) is 11.8. The predicted octanol–water partition coefficient (Wildman–Crippen LogP) is 5.70. The fourth-order valence-corrected chi connectivity index (χ4v) is 6.59. The Balaban J connectivity index is 1.76. The molecule has 3 heteroatoms. The van der Waals surface area contributed by atoms with Gasteiger partial charge in [0, 0.05) is 12.1 Å². The molecule has 3 aromatic rings. The van der Waals surface area contributed by atoms with Gasteiger partial charge >= 0.3 is 0 Å².